The fourth-order valence-electron chi connectivity index (χ4n) is 1.73. The van der Waals surface area contributed by atoms with Crippen LogP contribution in [-0.4, -0.2) is 35.6 Å². The summed E-state index contributed by atoms with van der Waals surface area (Å²) in [4.78, 5) is 24.2. The summed E-state index contributed by atoms with van der Waals surface area (Å²) in [7, 11) is 1.66. The number of nitrogens with one attached hydrogen (secondary N) is 1. The Balaban J connectivity index is 1.79. The molecule has 0 aromatic carbocycles. The van der Waals surface area contributed by atoms with Crippen molar-refractivity contribution in [1.29, 1.82) is 0 Å². The summed E-state index contributed by atoms with van der Waals surface area (Å²) in [5.74, 6) is -0.833. The van der Waals surface area contributed by atoms with Crippen molar-refractivity contribution in [1.82, 2.24) is 10.2 Å². The number of hydrogen-bond acceptors (Lipinski definition) is 3. The van der Waals surface area contributed by atoms with Gasteiger partial charge in [0.25, 0.3) is 0 Å². The third kappa shape index (κ3) is 2.64. The van der Waals surface area contributed by atoms with Crippen LogP contribution < -0.4 is 5.32 Å². The molecule has 1 heterocycles. The Morgan fingerprint density at radius 3 is 2.78 bits per heavy atom. The van der Waals surface area contributed by atoms with Gasteiger partial charge in [0.1, 0.15) is 0 Å². The molecule has 0 radical (unpaired) electrons. The maximum atomic E-state index is 11.8. The van der Waals surface area contributed by atoms with Crippen molar-refractivity contribution in [2.45, 2.75) is 19.4 Å². The van der Waals surface area contributed by atoms with Gasteiger partial charge in [-0.25, -0.2) is 4.79 Å². The number of hydrogen-bond donors (Lipinski definition) is 2. The highest BCUT2D eigenvalue weighted by Gasteiger charge is 2.50. The third-order valence-corrected chi connectivity index (χ3v) is 3.23. The van der Waals surface area contributed by atoms with E-state index in [0.717, 1.165) is 5.56 Å². The van der Waals surface area contributed by atoms with Crippen LogP contribution in [0.3, 0.4) is 0 Å². The quantitative estimate of drug-likeness (QED) is 0.827. The molecule has 1 aromatic rings. The summed E-state index contributed by atoms with van der Waals surface area (Å²) in [5.41, 5.74) is 0.165. The standard InChI is InChI=1S/C12H16N2O4/c1-14(6-9-2-5-18-7-9)11(17)13-8-12(3-4-12)10(15)16/h2,5,7H,3-4,6,8H2,1H3,(H,13,17)(H,15,16). The first-order valence-corrected chi connectivity index (χ1v) is 5.77. The molecule has 2 N–H and O–H groups in total. The van der Waals surface area contributed by atoms with Gasteiger partial charge in [0, 0.05) is 19.2 Å². The number of rotatable bonds is 5. The molecule has 1 aliphatic rings. The lowest BCUT2D eigenvalue weighted by Gasteiger charge is -2.18. The summed E-state index contributed by atoms with van der Waals surface area (Å²) in [6.07, 6.45) is 4.39. The van der Waals surface area contributed by atoms with E-state index in [1.165, 1.54) is 4.90 Å². The Morgan fingerprint density at radius 1 is 1.56 bits per heavy atom. The lowest BCUT2D eigenvalue weighted by atomic mass is 10.1. The molecular weight excluding hydrogens is 236 g/mol. The van der Waals surface area contributed by atoms with Crippen LogP contribution in [0.15, 0.2) is 23.0 Å². The predicted molar refractivity (Wildman–Crippen MR) is 62.9 cm³/mol. The summed E-state index contributed by atoms with van der Waals surface area (Å²) in [5, 5.41) is 11.6. The van der Waals surface area contributed by atoms with Crippen LogP contribution in [0, 0.1) is 5.41 Å². The summed E-state index contributed by atoms with van der Waals surface area (Å²) in [6, 6.07) is 1.51. The van der Waals surface area contributed by atoms with Crippen molar-refractivity contribution in [3.8, 4) is 0 Å². The highest BCUT2D eigenvalue weighted by Crippen LogP contribution is 2.45. The van der Waals surface area contributed by atoms with Crippen LogP contribution in [-0.2, 0) is 11.3 Å². The van der Waals surface area contributed by atoms with Gasteiger partial charge in [-0.3, -0.25) is 4.79 Å². The van der Waals surface area contributed by atoms with Crippen LogP contribution in [0.1, 0.15) is 18.4 Å². The molecule has 1 aliphatic carbocycles. The molecule has 6 nitrogen and oxygen atoms in total. The summed E-state index contributed by atoms with van der Waals surface area (Å²) < 4.78 is 4.91. The number of urea groups is 1. The molecule has 1 aromatic heterocycles. The van der Waals surface area contributed by atoms with E-state index >= 15 is 0 Å². The minimum atomic E-state index is -0.833. The second-order valence-electron chi connectivity index (χ2n) is 4.73. The molecule has 0 unspecified atom stereocenters. The SMILES string of the molecule is CN(Cc1ccoc1)C(=O)NCC1(C(=O)O)CC1. The Hall–Kier alpha value is -1.98. The summed E-state index contributed by atoms with van der Waals surface area (Å²) >= 11 is 0. The number of carbonyl (C=O) groups is 2. The van der Waals surface area contributed by atoms with Crippen LogP contribution in [0.5, 0.6) is 0 Å². The molecule has 0 aliphatic heterocycles. The van der Waals surface area contributed by atoms with E-state index < -0.39 is 11.4 Å². The molecule has 6 heteroatoms. The Kier molecular flexibility index (Phi) is 3.27. The highest BCUT2D eigenvalue weighted by atomic mass is 16.4. The third-order valence-electron chi connectivity index (χ3n) is 3.23. The van der Waals surface area contributed by atoms with Crippen molar-refractivity contribution < 1.29 is 19.1 Å². The van der Waals surface area contributed by atoms with Gasteiger partial charge in [-0.2, -0.15) is 0 Å². The number of amides is 2. The smallest absolute Gasteiger partial charge is 0.317 e. The lowest BCUT2D eigenvalue weighted by molar-refractivity contribution is -0.143. The maximum Gasteiger partial charge on any atom is 0.317 e. The average Bonchev–Trinajstić information content (AvgIpc) is 2.97. The number of nitrogens with zero attached hydrogens (tertiary/aromatic N) is 1. The van der Waals surface area contributed by atoms with Crippen molar-refractivity contribution in [2.24, 2.45) is 5.41 Å². The Bertz CT molecular complexity index is 437. The van der Waals surface area contributed by atoms with Crippen molar-refractivity contribution in [3.63, 3.8) is 0 Å². The van der Waals surface area contributed by atoms with Crippen molar-refractivity contribution in [2.75, 3.05) is 13.6 Å². The van der Waals surface area contributed by atoms with E-state index in [4.69, 9.17) is 9.52 Å². The van der Waals surface area contributed by atoms with Gasteiger partial charge in [0.2, 0.25) is 0 Å². The first kappa shape index (κ1) is 12.5. The molecule has 0 atom stereocenters. The molecule has 0 spiro atoms. The molecule has 2 amide bonds. The number of aliphatic carboxylic acids is 1. The number of carbonyl (C=O) groups excluding carboxylic acids is 1. The summed E-state index contributed by atoms with van der Waals surface area (Å²) in [6.45, 7) is 0.624. The van der Waals surface area contributed by atoms with E-state index in [1.54, 1.807) is 25.6 Å². The minimum Gasteiger partial charge on any atom is -0.481 e. The van der Waals surface area contributed by atoms with Crippen LogP contribution in [0.4, 0.5) is 4.79 Å². The van der Waals surface area contributed by atoms with E-state index in [1.807, 2.05) is 0 Å². The molecule has 0 saturated heterocycles. The Labute approximate surface area is 105 Å². The van der Waals surface area contributed by atoms with Gasteiger partial charge in [0.15, 0.2) is 0 Å². The molecule has 98 valence electrons. The van der Waals surface area contributed by atoms with Gasteiger partial charge in [-0.15, -0.1) is 0 Å². The largest absolute Gasteiger partial charge is 0.481 e. The number of carboxylic acids is 1. The van der Waals surface area contributed by atoms with Gasteiger partial charge in [-0.1, -0.05) is 0 Å². The monoisotopic (exact) mass is 252 g/mol. The maximum absolute atomic E-state index is 11.8. The van der Waals surface area contributed by atoms with Crippen molar-refractivity contribution in [3.05, 3.63) is 24.2 Å². The zero-order chi connectivity index (χ0) is 13.2. The topological polar surface area (TPSA) is 82.8 Å². The lowest BCUT2D eigenvalue weighted by Crippen LogP contribution is -2.41. The molecule has 2 rings (SSSR count). The molecule has 18 heavy (non-hydrogen) atoms. The van der Waals surface area contributed by atoms with Gasteiger partial charge < -0.3 is 19.7 Å². The zero-order valence-electron chi connectivity index (χ0n) is 10.2. The van der Waals surface area contributed by atoms with E-state index in [0.29, 0.717) is 19.4 Å². The molecule has 0 bridgehead atoms. The molecule has 1 saturated carbocycles. The van der Waals surface area contributed by atoms with E-state index in [-0.39, 0.29) is 12.6 Å². The van der Waals surface area contributed by atoms with Gasteiger partial charge in [-0.05, 0) is 18.9 Å². The second kappa shape index (κ2) is 4.72. The van der Waals surface area contributed by atoms with Gasteiger partial charge in [0.05, 0.1) is 24.5 Å². The van der Waals surface area contributed by atoms with Crippen molar-refractivity contribution >= 4 is 12.0 Å². The average molecular weight is 252 g/mol. The zero-order valence-corrected chi connectivity index (χ0v) is 10.2. The first-order valence-electron chi connectivity index (χ1n) is 5.77. The first-order chi connectivity index (χ1) is 8.53. The highest BCUT2D eigenvalue weighted by molar-refractivity contribution is 5.80. The molecule has 1 fully saturated rings. The predicted octanol–water partition coefficient (Wildman–Crippen LogP) is 1.29. The number of furan rings is 1. The second-order valence-corrected chi connectivity index (χ2v) is 4.73. The van der Waals surface area contributed by atoms with Crippen LogP contribution in [0.25, 0.3) is 0 Å². The fourth-order valence-corrected chi connectivity index (χ4v) is 1.73. The normalized spacial score (nSPS) is 16.1. The van der Waals surface area contributed by atoms with E-state index in [9.17, 15) is 9.59 Å². The van der Waals surface area contributed by atoms with Crippen LogP contribution in [0.2, 0.25) is 0 Å². The van der Waals surface area contributed by atoms with E-state index in [2.05, 4.69) is 5.32 Å². The minimum absolute atomic E-state index is 0.191. The fraction of sp³-hybridized carbons (Fsp3) is 0.500. The van der Waals surface area contributed by atoms with Gasteiger partial charge >= 0.3 is 12.0 Å². The Morgan fingerprint density at radius 2 is 2.28 bits per heavy atom. The number of carboxylic acid groups (broad SMARTS) is 1. The van der Waals surface area contributed by atoms with Crippen LogP contribution >= 0.6 is 0 Å². The molecular formula is C12H16N2O4.